The van der Waals surface area contributed by atoms with Gasteiger partial charge in [-0.3, -0.25) is 14.5 Å². The van der Waals surface area contributed by atoms with Gasteiger partial charge in [-0.15, -0.1) is 0 Å². The maximum Gasteiger partial charge on any atom is 0.253 e. The van der Waals surface area contributed by atoms with Crippen molar-refractivity contribution >= 4 is 11.8 Å². The molecule has 1 saturated heterocycles. The van der Waals surface area contributed by atoms with E-state index in [1.807, 2.05) is 36.1 Å². The molecule has 0 spiro atoms. The van der Waals surface area contributed by atoms with Crippen LogP contribution >= 0.6 is 0 Å². The smallest absolute Gasteiger partial charge is 0.253 e. The van der Waals surface area contributed by atoms with Gasteiger partial charge in [-0.25, -0.2) is 0 Å². The van der Waals surface area contributed by atoms with E-state index in [1.165, 1.54) is 12.8 Å². The Balaban J connectivity index is 1.61. The third kappa shape index (κ3) is 4.89. The van der Waals surface area contributed by atoms with Crippen molar-refractivity contribution in [3.05, 3.63) is 35.4 Å². The van der Waals surface area contributed by atoms with Crippen LogP contribution in [0.2, 0.25) is 0 Å². The fourth-order valence-electron chi connectivity index (χ4n) is 4.39. The topological polar surface area (TPSA) is 52.7 Å². The van der Waals surface area contributed by atoms with E-state index in [9.17, 15) is 9.59 Å². The fourth-order valence-corrected chi connectivity index (χ4v) is 4.39. The van der Waals surface area contributed by atoms with Crippen LogP contribution in [0.15, 0.2) is 24.3 Å². The average molecular weight is 372 g/mol. The van der Waals surface area contributed by atoms with Crippen molar-refractivity contribution in [2.24, 2.45) is 5.92 Å². The molecule has 5 nitrogen and oxygen atoms in total. The predicted octanol–water partition coefficient (Wildman–Crippen LogP) is 2.84. The Labute approximate surface area is 163 Å². The molecular weight excluding hydrogens is 338 g/mol. The van der Waals surface area contributed by atoms with Crippen LogP contribution in [-0.4, -0.2) is 60.4 Å². The minimum absolute atomic E-state index is 0.0318. The van der Waals surface area contributed by atoms with Crippen LogP contribution in [0.25, 0.3) is 0 Å². The van der Waals surface area contributed by atoms with Gasteiger partial charge in [0, 0.05) is 38.3 Å². The van der Waals surface area contributed by atoms with E-state index in [4.69, 9.17) is 0 Å². The normalized spacial score (nSPS) is 19.9. The van der Waals surface area contributed by atoms with Crippen LogP contribution in [0.4, 0.5) is 0 Å². The highest BCUT2D eigenvalue weighted by Gasteiger charge is 2.37. The monoisotopic (exact) mass is 371 g/mol. The molecule has 0 radical (unpaired) electrons. The standard InChI is InChI=1S/C22H33N3O2/c1-3-12-23-21(26)20(18-6-4-5-7-18)24-13-15-25(16-14-24)22(27)19-10-8-17(2)9-11-19/h8-11,18,20H,3-7,12-16H2,1-2H3,(H,23,26)/t20-/m1/s1. The number of aryl methyl sites for hydroxylation is 1. The Bertz CT molecular complexity index is 629. The number of hydrogen-bond donors (Lipinski definition) is 1. The van der Waals surface area contributed by atoms with Crippen molar-refractivity contribution in [1.29, 1.82) is 0 Å². The lowest BCUT2D eigenvalue weighted by molar-refractivity contribution is -0.129. The molecule has 1 aliphatic heterocycles. The first-order chi connectivity index (χ1) is 13.1. The molecule has 1 atom stereocenters. The molecule has 1 saturated carbocycles. The maximum atomic E-state index is 12.8. The number of nitrogens with one attached hydrogen (secondary N) is 1. The summed E-state index contributed by atoms with van der Waals surface area (Å²) >= 11 is 0. The maximum absolute atomic E-state index is 12.8. The molecule has 2 fully saturated rings. The molecule has 1 heterocycles. The van der Waals surface area contributed by atoms with Gasteiger partial charge in [0.2, 0.25) is 5.91 Å². The van der Waals surface area contributed by atoms with Crippen LogP contribution in [0.3, 0.4) is 0 Å². The molecule has 0 aromatic heterocycles. The molecule has 148 valence electrons. The van der Waals surface area contributed by atoms with E-state index in [-0.39, 0.29) is 17.9 Å². The van der Waals surface area contributed by atoms with E-state index in [1.54, 1.807) is 0 Å². The second kappa shape index (κ2) is 9.36. The van der Waals surface area contributed by atoms with E-state index in [2.05, 4.69) is 17.1 Å². The molecule has 0 unspecified atom stereocenters. The van der Waals surface area contributed by atoms with Gasteiger partial charge >= 0.3 is 0 Å². The number of nitrogens with zero attached hydrogens (tertiary/aromatic N) is 2. The Morgan fingerprint density at radius 2 is 1.70 bits per heavy atom. The zero-order valence-electron chi connectivity index (χ0n) is 16.7. The molecule has 1 aromatic carbocycles. The Morgan fingerprint density at radius 3 is 2.30 bits per heavy atom. The molecule has 3 rings (SSSR count). The van der Waals surface area contributed by atoms with Gasteiger partial charge in [0.05, 0.1) is 6.04 Å². The number of amides is 2. The number of hydrogen-bond acceptors (Lipinski definition) is 3. The SMILES string of the molecule is CCCNC(=O)[C@@H](C1CCCC1)N1CCN(C(=O)c2ccc(C)cc2)CC1. The highest BCUT2D eigenvalue weighted by molar-refractivity contribution is 5.94. The van der Waals surface area contributed by atoms with Crippen molar-refractivity contribution in [1.82, 2.24) is 15.1 Å². The van der Waals surface area contributed by atoms with E-state index >= 15 is 0 Å². The number of benzene rings is 1. The number of rotatable bonds is 6. The third-order valence-electron chi connectivity index (χ3n) is 5.96. The van der Waals surface area contributed by atoms with Crippen LogP contribution in [0.1, 0.15) is 54.9 Å². The summed E-state index contributed by atoms with van der Waals surface area (Å²) in [6.07, 6.45) is 5.71. The Hall–Kier alpha value is -1.88. The van der Waals surface area contributed by atoms with Gasteiger partial charge in [0.25, 0.3) is 5.91 Å². The predicted molar refractivity (Wildman–Crippen MR) is 108 cm³/mol. The number of piperazine rings is 1. The second-order valence-electron chi connectivity index (χ2n) is 7.97. The van der Waals surface area contributed by atoms with Crippen molar-refractivity contribution in [3.63, 3.8) is 0 Å². The van der Waals surface area contributed by atoms with E-state index in [0.29, 0.717) is 19.0 Å². The van der Waals surface area contributed by atoms with Crippen molar-refractivity contribution in [2.45, 2.75) is 52.0 Å². The summed E-state index contributed by atoms with van der Waals surface area (Å²) in [5.74, 6) is 0.741. The van der Waals surface area contributed by atoms with E-state index in [0.717, 1.165) is 50.0 Å². The molecular formula is C22H33N3O2. The summed E-state index contributed by atoms with van der Waals surface area (Å²) in [5, 5.41) is 3.11. The van der Waals surface area contributed by atoms with Crippen LogP contribution in [-0.2, 0) is 4.79 Å². The summed E-state index contributed by atoms with van der Waals surface area (Å²) < 4.78 is 0. The van der Waals surface area contributed by atoms with Gasteiger partial charge in [-0.05, 0) is 44.2 Å². The largest absolute Gasteiger partial charge is 0.355 e. The number of carbonyl (C=O) groups excluding carboxylic acids is 2. The highest BCUT2D eigenvalue weighted by atomic mass is 16.2. The zero-order chi connectivity index (χ0) is 19.2. The fraction of sp³-hybridized carbons (Fsp3) is 0.636. The summed E-state index contributed by atoms with van der Waals surface area (Å²) in [6, 6.07) is 7.75. The molecule has 2 aliphatic rings. The Kier molecular flexibility index (Phi) is 6.89. The average Bonchev–Trinajstić information content (AvgIpc) is 3.21. The number of carbonyl (C=O) groups is 2. The van der Waals surface area contributed by atoms with Crippen molar-refractivity contribution in [3.8, 4) is 0 Å². The molecule has 5 heteroatoms. The summed E-state index contributed by atoms with van der Waals surface area (Å²) in [6.45, 7) is 7.79. The van der Waals surface area contributed by atoms with Crippen LogP contribution in [0, 0.1) is 12.8 Å². The highest BCUT2D eigenvalue weighted by Crippen LogP contribution is 2.31. The Morgan fingerprint density at radius 1 is 1.07 bits per heavy atom. The molecule has 27 heavy (non-hydrogen) atoms. The first-order valence-electron chi connectivity index (χ1n) is 10.5. The van der Waals surface area contributed by atoms with Gasteiger partial charge in [-0.1, -0.05) is 37.5 Å². The molecule has 1 aliphatic carbocycles. The lowest BCUT2D eigenvalue weighted by Gasteiger charge is -2.40. The van der Waals surface area contributed by atoms with Crippen molar-refractivity contribution in [2.75, 3.05) is 32.7 Å². The summed E-state index contributed by atoms with van der Waals surface area (Å²) in [5.41, 5.74) is 1.91. The van der Waals surface area contributed by atoms with Gasteiger partial charge in [0.1, 0.15) is 0 Å². The molecule has 2 amide bonds. The van der Waals surface area contributed by atoms with Crippen LogP contribution in [0.5, 0.6) is 0 Å². The minimum Gasteiger partial charge on any atom is -0.355 e. The zero-order valence-corrected chi connectivity index (χ0v) is 16.7. The molecule has 0 bridgehead atoms. The first kappa shape index (κ1) is 19.9. The molecule has 1 aromatic rings. The van der Waals surface area contributed by atoms with Gasteiger partial charge < -0.3 is 10.2 Å². The van der Waals surface area contributed by atoms with E-state index < -0.39 is 0 Å². The van der Waals surface area contributed by atoms with Gasteiger partial charge in [0.15, 0.2) is 0 Å². The summed E-state index contributed by atoms with van der Waals surface area (Å²) in [4.78, 5) is 29.8. The third-order valence-corrected chi connectivity index (χ3v) is 5.96. The molecule has 1 N–H and O–H groups in total. The lowest BCUT2D eigenvalue weighted by atomic mass is 9.95. The van der Waals surface area contributed by atoms with Crippen molar-refractivity contribution < 1.29 is 9.59 Å². The van der Waals surface area contributed by atoms with Crippen LogP contribution < -0.4 is 5.32 Å². The van der Waals surface area contributed by atoms with Gasteiger partial charge in [-0.2, -0.15) is 0 Å². The second-order valence-corrected chi connectivity index (χ2v) is 7.97. The quantitative estimate of drug-likeness (QED) is 0.837. The lowest BCUT2D eigenvalue weighted by Crippen LogP contribution is -2.58. The minimum atomic E-state index is -0.0318. The summed E-state index contributed by atoms with van der Waals surface area (Å²) in [7, 11) is 0. The first-order valence-corrected chi connectivity index (χ1v) is 10.5.